The molecule has 1 rings (SSSR count). The number of nitrogens with two attached hydrogens (primary N) is 1. The first-order chi connectivity index (χ1) is 8.47. The minimum Gasteiger partial charge on any atom is -0.398 e. The zero-order valence-electron chi connectivity index (χ0n) is 10.1. The number of benzene rings is 1. The first kappa shape index (κ1) is 15.3. The van der Waals surface area contributed by atoms with Crippen LogP contribution < -0.4 is 10.5 Å². The van der Waals surface area contributed by atoms with Crippen molar-refractivity contribution in [2.24, 2.45) is 0 Å². The molecule has 0 spiro atoms. The second-order valence-corrected chi connectivity index (χ2v) is 6.76. The molecule has 1 aromatic rings. The van der Waals surface area contributed by atoms with E-state index in [-0.39, 0.29) is 10.6 Å². The van der Waals surface area contributed by atoms with Gasteiger partial charge in [-0.05, 0) is 36.1 Å². The van der Waals surface area contributed by atoms with Crippen molar-refractivity contribution in [2.75, 3.05) is 23.8 Å². The van der Waals surface area contributed by atoms with E-state index >= 15 is 0 Å². The molecule has 0 aliphatic heterocycles. The topological polar surface area (TPSA) is 72.2 Å². The van der Waals surface area contributed by atoms with Gasteiger partial charge >= 0.3 is 0 Å². The van der Waals surface area contributed by atoms with E-state index in [0.29, 0.717) is 6.54 Å². The number of nitrogen functional groups attached to an aromatic ring is 1. The van der Waals surface area contributed by atoms with Gasteiger partial charge in [-0.15, -0.1) is 0 Å². The largest absolute Gasteiger partial charge is 0.398 e. The SMILES string of the molecule is CCSCCCNS(=O)(=O)c1ccc(F)cc1N. The van der Waals surface area contributed by atoms with Gasteiger partial charge in [-0.1, -0.05) is 6.92 Å². The van der Waals surface area contributed by atoms with Crippen LogP contribution in [0.2, 0.25) is 0 Å². The van der Waals surface area contributed by atoms with Crippen LogP contribution in [0.1, 0.15) is 13.3 Å². The zero-order chi connectivity index (χ0) is 13.6. The molecule has 18 heavy (non-hydrogen) atoms. The van der Waals surface area contributed by atoms with Gasteiger partial charge < -0.3 is 5.73 Å². The summed E-state index contributed by atoms with van der Waals surface area (Å²) in [4.78, 5) is -0.0768. The molecule has 3 N–H and O–H groups in total. The molecule has 0 unspecified atom stereocenters. The van der Waals surface area contributed by atoms with Crippen molar-refractivity contribution in [3.05, 3.63) is 24.0 Å². The smallest absolute Gasteiger partial charge is 0.242 e. The van der Waals surface area contributed by atoms with Crippen LogP contribution >= 0.6 is 11.8 Å². The van der Waals surface area contributed by atoms with E-state index in [2.05, 4.69) is 4.72 Å². The van der Waals surface area contributed by atoms with E-state index in [9.17, 15) is 12.8 Å². The Balaban J connectivity index is 2.63. The van der Waals surface area contributed by atoms with Gasteiger partial charge in [0, 0.05) is 6.54 Å². The predicted molar refractivity (Wildman–Crippen MR) is 73.6 cm³/mol. The number of hydrogen-bond donors (Lipinski definition) is 2. The fourth-order valence-electron chi connectivity index (χ4n) is 1.37. The molecule has 4 nitrogen and oxygen atoms in total. The highest BCUT2D eigenvalue weighted by atomic mass is 32.2. The molecular weight excluding hydrogens is 275 g/mol. The summed E-state index contributed by atoms with van der Waals surface area (Å²) in [5, 5.41) is 0. The molecule has 7 heteroatoms. The van der Waals surface area contributed by atoms with E-state index in [1.54, 1.807) is 11.8 Å². The Morgan fingerprint density at radius 1 is 1.44 bits per heavy atom. The van der Waals surface area contributed by atoms with Crippen molar-refractivity contribution in [1.82, 2.24) is 4.72 Å². The minimum atomic E-state index is -3.65. The molecule has 0 saturated carbocycles. The normalized spacial score (nSPS) is 11.7. The Morgan fingerprint density at radius 3 is 2.78 bits per heavy atom. The highest BCUT2D eigenvalue weighted by molar-refractivity contribution is 7.99. The van der Waals surface area contributed by atoms with Gasteiger partial charge in [0.05, 0.1) is 5.69 Å². The lowest BCUT2D eigenvalue weighted by atomic mass is 10.3. The standard InChI is InChI=1S/C11H17FN2O2S2/c1-2-17-7-3-6-14-18(15,16)11-5-4-9(12)8-10(11)13/h4-5,8,14H,2-3,6-7,13H2,1H3. The summed E-state index contributed by atoms with van der Waals surface area (Å²) in [6, 6.07) is 3.26. The van der Waals surface area contributed by atoms with Gasteiger partial charge in [0.25, 0.3) is 0 Å². The quantitative estimate of drug-likeness (QED) is 0.594. The predicted octanol–water partition coefficient (Wildman–Crippen LogP) is 1.83. The third-order valence-corrected chi connectivity index (χ3v) is 4.74. The van der Waals surface area contributed by atoms with Gasteiger partial charge in [0.2, 0.25) is 10.0 Å². The molecule has 0 atom stereocenters. The van der Waals surface area contributed by atoms with Gasteiger partial charge in [0.15, 0.2) is 0 Å². The van der Waals surface area contributed by atoms with Crippen LogP contribution in [0.5, 0.6) is 0 Å². The number of sulfonamides is 1. The molecule has 0 aliphatic carbocycles. The van der Waals surface area contributed by atoms with E-state index in [1.807, 2.05) is 6.92 Å². The monoisotopic (exact) mass is 292 g/mol. The minimum absolute atomic E-state index is 0.0768. The summed E-state index contributed by atoms with van der Waals surface area (Å²) >= 11 is 1.75. The highest BCUT2D eigenvalue weighted by Gasteiger charge is 2.16. The number of rotatable bonds is 7. The van der Waals surface area contributed by atoms with Crippen molar-refractivity contribution in [2.45, 2.75) is 18.2 Å². The van der Waals surface area contributed by atoms with Crippen molar-refractivity contribution < 1.29 is 12.8 Å². The Bertz CT molecular complexity index is 492. The molecule has 0 fully saturated rings. The molecule has 0 heterocycles. The van der Waals surface area contributed by atoms with Crippen LogP contribution in [0.15, 0.2) is 23.1 Å². The molecule has 0 amide bonds. The Morgan fingerprint density at radius 2 is 2.17 bits per heavy atom. The van der Waals surface area contributed by atoms with Crippen molar-refractivity contribution in [3.8, 4) is 0 Å². The Hall–Kier alpha value is -0.790. The lowest BCUT2D eigenvalue weighted by Crippen LogP contribution is -2.26. The van der Waals surface area contributed by atoms with Crippen LogP contribution in [0.25, 0.3) is 0 Å². The van der Waals surface area contributed by atoms with Crippen molar-refractivity contribution in [1.29, 1.82) is 0 Å². The second kappa shape index (κ2) is 6.96. The molecule has 0 aromatic heterocycles. The number of anilines is 1. The maximum absolute atomic E-state index is 12.8. The Labute approximate surface area is 111 Å². The molecule has 0 radical (unpaired) electrons. The van der Waals surface area contributed by atoms with E-state index in [0.717, 1.165) is 30.1 Å². The van der Waals surface area contributed by atoms with E-state index in [1.165, 1.54) is 6.07 Å². The fourth-order valence-corrected chi connectivity index (χ4v) is 3.19. The van der Waals surface area contributed by atoms with Crippen LogP contribution in [0.4, 0.5) is 10.1 Å². The Kier molecular flexibility index (Phi) is 5.90. The third-order valence-electron chi connectivity index (χ3n) is 2.22. The maximum Gasteiger partial charge on any atom is 0.242 e. The fraction of sp³-hybridized carbons (Fsp3) is 0.455. The van der Waals surface area contributed by atoms with Crippen molar-refractivity contribution >= 4 is 27.5 Å². The van der Waals surface area contributed by atoms with E-state index in [4.69, 9.17) is 5.73 Å². The first-order valence-corrected chi connectivity index (χ1v) is 8.23. The zero-order valence-corrected chi connectivity index (χ0v) is 11.8. The average molecular weight is 292 g/mol. The molecule has 102 valence electrons. The van der Waals surface area contributed by atoms with Gasteiger partial charge in [0.1, 0.15) is 10.7 Å². The summed E-state index contributed by atoms with van der Waals surface area (Å²) in [5.41, 5.74) is 5.42. The van der Waals surface area contributed by atoms with Gasteiger partial charge in [-0.2, -0.15) is 11.8 Å². The summed E-state index contributed by atoms with van der Waals surface area (Å²) in [7, 11) is -3.65. The molecular formula is C11H17FN2O2S2. The highest BCUT2D eigenvalue weighted by Crippen LogP contribution is 2.18. The lowest BCUT2D eigenvalue weighted by molar-refractivity contribution is 0.580. The van der Waals surface area contributed by atoms with Crippen LogP contribution in [-0.2, 0) is 10.0 Å². The number of halogens is 1. The average Bonchev–Trinajstić information content (AvgIpc) is 2.28. The maximum atomic E-state index is 12.8. The summed E-state index contributed by atoms with van der Waals surface area (Å²) in [6.07, 6.45) is 0.749. The third kappa shape index (κ3) is 4.47. The number of thioether (sulfide) groups is 1. The number of hydrogen-bond acceptors (Lipinski definition) is 4. The van der Waals surface area contributed by atoms with Gasteiger partial charge in [-0.3, -0.25) is 0 Å². The lowest BCUT2D eigenvalue weighted by Gasteiger charge is -2.08. The first-order valence-electron chi connectivity index (χ1n) is 5.60. The second-order valence-electron chi connectivity index (χ2n) is 3.63. The summed E-state index contributed by atoms with van der Waals surface area (Å²) < 4.78 is 39.0. The van der Waals surface area contributed by atoms with Crippen LogP contribution in [0, 0.1) is 5.82 Å². The summed E-state index contributed by atoms with van der Waals surface area (Å²) in [6.45, 7) is 2.40. The van der Waals surface area contributed by atoms with Gasteiger partial charge in [-0.25, -0.2) is 17.5 Å². The van der Waals surface area contributed by atoms with E-state index < -0.39 is 15.8 Å². The van der Waals surface area contributed by atoms with Crippen LogP contribution in [0.3, 0.4) is 0 Å². The summed E-state index contributed by atoms with van der Waals surface area (Å²) in [5.74, 6) is 1.36. The molecule has 0 bridgehead atoms. The molecule has 0 aliphatic rings. The van der Waals surface area contributed by atoms with Crippen LogP contribution in [-0.4, -0.2) is 26.5 Å². The molecule has 1 aromatic carbocycles. The number of nitrogens with one attached hydrogen (secondary N) is 1. The van der Waals surface area contributed by atoms with Crippen molar-refractivity contribution in [3.63, 3.8) is 0 Å². The molecule has 0 saturated heterocycles.